The van der Waals surface area contributed by atoms with Crippen molar-refractivity contribution in [3.05, 3.63) is 90.5 Å². The topological polar surface area (TPSA) is 79.8 Å². The number of thiophene rings is 1. The Morgan fingerprint density at radius 1 is 0.844 bits per heavy atom. The van der Waals surface area contributed by atoms with E-state index in [0.717, 1.165) is 31.9 Å². The Morgan fingerprint density at radius 3 is 2.44 bits per heavy atom. The van der Waals surface area contributed by atoms with Crippen molar-refractivity contribution in [1.82, 2.24) is 15.0 Å². The molecule has 5 rings (SSSR count). The monoisotopic (exact) mass is 457 g/mol. The number of aromatic nitrogens is 3. The molecule has 0 fully saturated rings. The molecule has 156 valence electrons. The number of carbonyl (C=O) groups excluding carboxylic acids is 1. The largest absolute Gasteiger partial charge is 0.323 e. The van der Waals surface area contributed by atoms with Crippen LogP contribution in [0.5, 0.6) is 0 Å². The second-order valence-electron chi connectivity index (χ2n) is 6.95. The summed E-state index contributed by atoms with van der Waals surface area (Å²) in [6.45, 7) is 0. The highest BCUT2D eigenvalue weighted by Gasteiger charge is 2.12. The minimum absolute atomic E-state index is 0.340. The van der Waals surface area contributed by atoms with Crippen LogP contribution >= 0.6 is 22.9 Å². The molecule has 3 aromatic heterocycles. The van der Waals surface area contributed by atoms with Crippen LogP contribution in [0.15, 0.2) is 85.5 Å². The molecular weight excluding hydrogens is 442 g/mol. The number of hydrogen-bond acceptors (Lipinski definition) is 5. The first-order valence-electron chi connectivity index (χ1n) is 9.75. The van der Waals surface area contributed by atoms with Crippen molar-refractivity contribution in [2.75, 3.05) is 10.6 Å². The molecule has 0 aliphatic carbocycles. The zero-order valence-corrected chi connectivity index (χ0v) is 18.2. The summed E-state index contributed by atoms with van der Waals surface area (Å²) in [5, 5.41) is 7.23. The Kier molecular flexibility index (Phi) is 5.49. The van der Waals surface area contributed by atoms with Gasteiger partial charge in [-0.1, -0.05) is 23.7 Å². The molecule has 0 bridgehead atoms. The number of urea groups is 1. The highest BCUT2D eigenvalue weighted by atomic mass is 35.5. The fourth-order valence-electron chi connectivity index (χ4n) is 3.31. The number of pyridine rings is 1. The maximum absolute atomic E-state index is 12.4. The van der Waals surface area contributed by atoms with Gasteiger partial charge in [-0.2, -0.15) is 0 Å². The third-order valence-electron chi connectivity index (χ3n) is 4.79. The Labute approximate surface area is 193 Å². The zero-order chi connectivity index (χ0) is 21.9. The molecule has 0 radical (unpaired) electrons. The van der Waals surface area contributed by atoms with Gasteiger partial charge in [0.1, 0.15) is 11.2 Å². The number of halogens is 1. The van der Waals surface area contributed by atoms with Gasteiger partial charge in [-0.25, -0.2) is 14.8 Å². The van der Waals surface area contributed by atoms with Crippen LogP contribution in [0.2, 0.25) is 5.02 Å². The first-order chi connectivity index (χ1) is 15.7. The average molecular weight is 458 g/mol. The van der Waals surface area contributed by atoms with E-state index in [1.807, 2.05) is 36.4 Å². The van der Waals surface area contributed by atoms with Gasteiger partial charge in [-0.15, -0.1) is 11.3 Å². The summed E-state index contributed by atoms with van der Waals surface area (Å²) in [6.07, 6.45) is 5.12. The molecule has 0 atom stereocenters. The van der Waals surface area contributed by atoms with E-state index in [2.05, 4.69) is 31.7 Å². The first-order valence-corrected chi connectivity index (χ1v) is 10.9. The lowest BCUT2D eigenvalue weighted by atomic mass is 10.1. The van der Waals surface area contributed by atoms with Crippen molar-refractivity contribution in [2.24, 2.45) is 0 Å². The third kappa shape index (κ3) is 4.30. The molecule has 0 saturated carbocycles. The molecule has 5 aromatic rings. The predicted molar refractivity (Wildman–Crippen MR) is 130 cm³/mol. The maximum Gasteiger partial charge on any atom is 0.323 e. The number of hydrogen-bond donors (Lipinski definition) is 2. The molecule has 2 N–H and O–H groups in total. The molecule has 32 heavy (non-hydrogen) atoms. The average Bonchev–Trinajstić information content (AvgIpc) is 3.26. The molecule has 0 unspecified atom stereocenters. The van der Waals surface area contributed by atoms with Crippen LogP contribution in [0.3, 0.4) is 0 Å². The fraction of sp³-hybridized carbons (Fsp3) is 0. The van der Waals surface area contributed by atoms with Crippen LogP contribution in [-0.2, 0) is 0 Å². The summed E-state index contributed by atoms with van der Waals surface area (Å²) in [5.41, 5.74) is 4.10. The SMILES string of the molecule is O=C(Nc1ccc(Cl)cc1)Nc1cccc(-c2ncnc3sc(-c4ccncc4)cc23)c1. The van der Waals surface area contributed by atoms with Crippen molar-refractivity contribution < 1.29 is 4.79 Å². The van der Waals surface area contributed by atoms with E-state index in [1.54, 1.807) is 54.3 Å². The molecule has 8 heteroatoms. The summed E-state index contributed by atoms with van der Waals surface area (Å²) < 4.78 is 0. The molecule has 0 aliphatic rings. The third-order valence-corrected chi connectivity index (χ3v) is 6.13. The second kappa shape index (κ2) is 8.74. The molecule has 2 aromatic carbocycles. The molecular formula is C24H16ClN5OS. The van der Waals surface area contributed by atoms with Crippen LogP contribution < -0.4 is 10.6 Å². The quantitative estimate of drug-likeness (QED) is 0.314. The molecule has 6 nitrogen and oxygen atoms in total. The lowest BCUT2D eigenvalue weighted by Gasteiger charge is -2.09. The molecule has 0 aliphatic heterocycles. The molecule has 0 saturated heterocycles. The number of amides is 2. The first kappa shape index (κ1) is 20.1. The normalized spacial score (nSPS) is 10.8. The molecule has 0 spiro atoms. The van der Waals surface area contributed by atoms with Crippen LogP contribution in [0.4, 0.5) is 16.2 Å². The Hall–Kier alpha value is -3.81. The van der Waals surface area contributed by atoms with Crippen molar-refractivity contribution in [2.45, 2.75) is 0 Å². The summed E-state index contributed by atoms with van der Waals surface area (Å²) in [4.78, 5) is 27.5. The summed E-state index contributed by atoms with van der Waals surface area (Å²) in [6, 6.07) is 20.2. The van der Waals surface area contributed by atoms with Crippen LogP contribution in [0, 0.1) is 0 Å². The minimum atomic E-state index is -0.340. The number of rotatable bonds is 4. The lowest BCUT2D eigenvalue weighted by Crippen LogP contribution is -2.19. The second-order valence-corrected chi connectivity index (χ2v) is 8.42. The Balaban J connectivity index is 1.42. The number of nitrogens with one attached hydrogen (secondary N) is 2. The van der Waals surface area contributed by atoms with E-state index in [1.165, 1.54) is 0 Å². The van der Waals surface area contributed by atoms with Crippen molar-refractivity contribution in [3.63, 3.8) is 0 Å². The van der Waals surface area contributed by atoms with Gasteiger partial charge in [0, 0.05) is 44.6 Å². The van der Waals surface area contributed by atoms with E-state index >= 15 is 0 Å². The van der Waals surface area contributed by atoms with Crippen LogP contribution in [0.25, 0.3) is 31.9 Å². The van der Waals surface area contributed by atoms with Gasteiger partial charge in [0.2, 0.25) is 0 Å². The van der Waals surface area contributed by atoms with Crippen molar-refractivity contribution >= 4 is 50.6 Å². The Morgan fingerprint density at radius 2 is 1.62 bits per heavy atom. The predicted octanol–water partition coefficient (Wildman–Crippen LogP) is 6.72. The number of carbonyl (C=O) groups is 1. The molecule has 3 heterocycles. The van der Waals surface area contributed by atoms with Crippen LogP contribution in [-0.4, -0.2) is 21.0 Å². The van der Waals surface area contributed by atoms with E-state index in [0.29, 0.717) is 16.4 Å². The smallest absolute Gasteiger partial charge is 0.308 e. The van der Waals surface area contributed by atoms with Crippen molar-refractivity contribution in [1.29, 1.82) is 0 Å². The lowest BCUT2D eigenvalue weighted by molar-refractivity contribution is 0.262. The van der Waals surface area contributed by atoms with E-state index in [9.17, 15) is 4.79 Å². The van der Waals surface area contributed by atoms with Crippen LogP contribution in [0.1, 0.15) is 0 Å². The number of nitrogens with zero attached hydrogens (tertiary/aromatic N) is 3. The summed E-state index contributed by atoms with van der Waals surface area (Å²) in [5.74, 6) is 0. The fourth-order valence-corrected chi connectivity index (χ4v) is 4.45. The van der Waals surface area contributed by atoms with E-state index in [4.69, 9.17) is 11.6 Å². The Bertz CT molecular complexity index is 1400. The number of benzene rings is 2. The van der Waals surface area contributed by atoms with Gasteiger partial charge >= 0.3 is 6.03 Å². The van der Waals surface area contributed by atoms with Gasteiger partial charge in [-0.05, 0) is 60.2 Å². The highest BCUT2D eigenvalue weighted by Crippen LogP contribution is 2.36. The van der Waals surface area contributed by atoms with Gasteiger partial charge in [-0.3, -0.25) is 4.98 Å². The standard InChI is InChI=1S/C24H16ClN5OS/c25-17-4-6-18(7-5-17)29-24(31)30-19-3-1-2-16(12-19)22-20-13-21(15-8-10-26-11-9-15)32-23(20)28-14-27-22/h1-14H,(H2,29,30,31). The number of fused-ring (bicyclic) bond motifs is 1. The van der Waals surface area contributed by atoms with Gasteiger partial charge in [0.15, 0.2) is 0 Å². The summed E-state index contributed by atoms with van der Waals surface area (Å²) in [7, 11) is 0. The van der Waals surface area contributed by atoms with Crippen molar-refractivity contribution in [3.8, 4) is 21.7 Å². The summed E-state index contributed by atoms with van der Waals surface area (Å²) >= 11 is 7.50. The zero-order valence-electron chi connectivity index (χ0n) is 16.6. The maximum atomic E-state index is 12.4. The highest BCUT2D eigenvalue weighted by molar-refractivity contribution is 7.21. The van der Waals surface area contributed by atoms with E-state index in [-0.39, 0.29) is 6.03 Å². The molecule has 2 amide bonds. The number of anilines is 2. The van der Waals surface area contributed by atoms with E-state index < -0.39 is 0 Å². The van der Waals surface area contributed by atoms with Gasteiger partial charge < -0.3 is 10.6 Å². The van der Waals surface area contributed by atoms with Gasteiger partial charge in [0.05, 0.1) is 5.69 Å². The van der Waals surface area contributed by atoms with Gasteiger partial charge in [0.25, 0.3) is 0 Å². The minimum Gasteiger partial charge on any atom is -0.308 e.